The molecular formula is C28H36N4O2. The van der Waals surface area contributed by atoms with Crippen molar-refractivity contribution in [3.8, 4) is 22.8 Å². The molecule has 34 heavy (non-hydrogen) atoms. The molecular weight excluding hydrogens is 424 g/mol. The lowest BCUT2D eigenvalue weighted by atomic mass is 9.79. The van der Waals surface area contributed by atoms with Gasteiger partial charge in [-0.3, -0.25) is 0 Å². The molecule has 1 aliphatic heterocycles. The summed E-state index contributed by atoms with van der Waals surface area (Å²) in [5.74, 6) is 2.30. The van der Waals surface area contributed by atoms with E-state index >= 15 is 0 Å². The van der Waals surface area contributed by atoms with Crippen LogP contribution in [0.3, 0.4) is 0 Å². The van der Waals surface area contributed by atoms with Crippen LogP contribution >= 0.6 is 0 Å². The summed E-state index contributed by atoms with van der Waals surface area (Å²) in [5, 5.41) is 13.0. The smallest absolute Gasteiger partial charge is 0.151 e. The van der Waals surface area contributed by atoms with Gasteiger partial charge in [0.15, 0.2) is 5.82 Å². The molecule has 2 aromatic carbocycles. The average Bonchev–Trinajstić information content (AvgIpc) is 2.81. The summed E-state index contributed by atoms with van der Waals surface area (Å²) in [4.78, 5) is 2.26. The van der Waals surface area contributed by atoms with E-state index in [0.29, 0.717) is 18.4 Å². The first kappa shape index (κ1) is 24.0. The summed E-state index contributed by atoms with van der Waals surface area (Å²) < 4.78 is 11.8. The molecule has 4 rings (SSSR count). The van der Waals surface area contributed by atoms with Gasteiger partial charge in [0.1, 0.15) is 23.8 Å². The maximum atomic E-state index is 6.17. The Morgan fingerprint density at radius 1 is 0.882 bits per heavy atom. The molecule has 1 N–H and O–H groups in total. The van der Waals surface area contributed by atoms with E-state index in [1.807, 2.05) is 60.7 Å². The highest BCUT2D eigenvalue weighted by Gasteiger charge is 2.39. The van der Waals surface area contributed by atoms with Crippen LogP contribution in [0.15, 0.2) is 60.7 Å². The van der Waals surface area contributed by atoms with Crippen molar-refractivity contribution in [2.45, 2.75) is 64.3 Å². The fourth-order valence-corrected chi connectivity index (χ4v) is 5.17. The molecule has 1 aromatic heterocycles. The predicted octanol–water partition coefficient (Wildman–Crippen LogP) is 5.48. The van der Waals surface area contributed by atoms with Gasteiger partial charge in [0.05, 0.1) is 12.7 Å². The zero-order valence-electron chi connectivity index (χ0n) is 21.1. The molecule has 180 valence electrons. The van der Waals surface area contributed by atoms with Crippen LogP contribution in [0.25, 0.3) is 11.3 Å². The molecule has 0 amide bonds. The topological polar surface area (TPSA) is 59.5 Å². The molecule has 6 nitrogen and oxygen atoms in total. The number of ether oxygens (including phenoxy) is 2. The minimum absolute atomic E-state index is 0.0659. The molecule has 1 aliphatic rings. The quantitative estimate of drug-likeness (QED) is 0.504. The number of piperidine rings is 1. The van der Waals surface area contributed by atoms with E-state index in [9.17, 15) is 0 Å². The molecule has 6 heteroatoms. The summed E-state index contributed by atoms with van der Waals surface area (Å²) in [6, 6.07) is 20.3. The summed E-state index contributed by atoms with van der Waals surface area (Å²) in [7, 11) is 3.78. The Kier molecular flexibility index (Phi) is 6.80. The van der Waals surface area contributed by atoms with Gasteiger partial charge in [-0.15, -0.1) is 10.2 Å². The molecule has 0 spiro atoms. The molecule has 3 aromatic rings. The predicted molar refractivity (Wildman–Crippen MR) is 138 cm³/mol. The first-order valence-electron chi connectivity index (χ1n) is 11.9. The van der Waals surface area contributed by atoms with Crippen LogP contribution < -0.4 is 19.7 Å². The standard InChI is InChI=1S/C28H36N4O2/c1-27(2)17-21(18-28(3,4)31-27)32(5)25-16-15-22(29-30-25)26-23(33-6)13-10-14-24(26)34-19-20-11-8-7-9-12-20/h7-16,21,31H,17-19H2,1-6H3. The lowest BCUT2D eigenvalue weighted by Crippen LogP contribution is -2.62. The molecule has 0 saturated carbocycles. The van der Waals surface area contributed by atoms with E-state index in [1.54, 1.807) is 7.11 Å². The number of nitrogens with one attached hydrogen (secondary N) is 1. The molecule has 0 aliphatic carbocycles. The highest BCUT2D eigenvalue weighted by atomic mass is 16.5. The molecule has 0 atom stereocenters. The highest BCUT2D eigenvalue weighted by molar-refractivity contribution is 5.74. The van der Waals surface area contributed by atoms with Gasteiger partial charge >= 0.3 is 0 Å². The van der Waals surface area contributed by atoms with Crippen molar-refractivity contribution < 1.29 is 9.47 Å². The van der Waals surface area contributed by atoms with Crippen LogP contribution in [0, 0.1) is 0 Å². The molecule has 0 radical (unpaired) electrons. The zero-order chi connectivity index (χ0) is 24.3. The third-order valence-electron chi connectivity index (χ3n) is 6.43. The number of benzene rings is 2. The van der Waals surface area contributed by atoms with Crippen LogP contribution in [-0.4, -0.2) is 41.5 Å². The first-order valence-corrected chi connectivity index (χ1v) is 11.9. The Balaban J connectivity index is 1.57. The van der Waals surface area contributed by atoms with Crippen molar-refractivity contribution in [3.05, 3.63) is 66.2 Å². The van der Waals surface area contributed by atoms with Crippen molar-refractivity contribution in [2.75, 3.05) is 19.1 Å². The summed E-state index contributed by atoms with van der Waals surface area (Å²) in [5.41, 5.74) is 2.77. The Morgan fingerprint density at radius 3 is 2.18 bits per heavy atom. The summed E-state index contributed by atoms with van der Waals surface area (Å²) in [6.07, 6.45) is 2.08. The second kappa shape index (κ2) is 9.63. The van der Waals surface area contributed by atoms with Gasteiger partial charge in [-0.05, 0) is 70.4 Å². The van der Waals surface area contributed by atoms with E-state index in [4.69, 9.17) is 9.47 Å². The Bertz CT molecular complexity index is 1080. The number of hydrogen-bond acceptors (Lipinski definition) is 6. The minimum atomic E-state index is 0.0659. The van der Waals surface area contributed by atoms with Gasteiger partial charge in [-0.25, -0.2) is 0 Å². The normalized spacial score (nSPS) is 17.2. The van der Waals surface area contributed by atoms with Crippen molar-refractivity contribution in [1.29, 1.82) is 0 Å². The van der Waals surface area contributed by atoms with Gasteiger partial charge in [0.2, 0.25) is 0 Å². The first-order chi connectivity index (χ1) is 16.2. The van der Waals surface area contributed by atoms with Crippen LogP contribution in [-0.2, 0) is 6.61 Å². The van der Waals surface area contributed by atoms with Crippen molar-refractivity contribution in [3.63, 3.8) is 0 Å². The number of aromatic nitrogens is 2. The number of hydrogen-bond donors (Lipinski definition) is 1. The second-order valence-corrected chi connectivity index (χ2v) is 10.5. The Morgan fingerprint density at radius 2 is 1.56 bits per heavy atom. The minimum Gasteiger partial charge on any atom is -0.496 e. The van der Waals surface area contributed by atoms with Gasteiger partial charge in [-0.1, -0.05) is 36.4 Å². The van der Waals surface area contributed by atoms with Gasteiger partial charge in [0.25, 0.3) is 0 Å². The van der Waals surface area contributed by atoms with E-state index in [-0.39, 0.29) is 11.1 Å². The highest BCUT2D eigenvalue weighted by Crippen LogP contribution is 2.38. The maximum Gasteiger partial charge on any atom is 0.151 e. The SMILES string of the molecule is COc1cccc(OCc2ccccc2)c1-c1ccc(N(C)C2CC(C)(C)NC(C)(C)C2)nn1. The number of anilines is 1. The van der Waals surface area contributed by atoms with E-state index < -0.39 is 0 Å². The number of rotatable bonds is 7. The van der Waals surface area contributed by atoms with Gasteiger partial charge < -0.3 is 19.7 Å². The maximum absolute atomic E-state index is 6.17. The third kappa shape index (κ3) is 5.50. The fourth-order valence-electron chi connectivity index (χ4n) is 5.17. The van der Waals surface area contributed by atoms with E-state index in [0.717, 1.165) is 41.2 Å². The van der Waals surface area contributed by atoms with Gasteiger partial charge in [-0.2, -0.15) is 0 Å². The van der Waals surface area contributed by atoms with Crippen molar-refractivity contribution in [2.24, 2.45) is 0 Å². The Hall–Kier alpha value is -3.12. The number of methoxy groups -OCH3 is 1. The monoisotopic (exact) mass is 460 g/mol. The van der Waals surface area contributed by atoms with Gasteiger partial charge in [0, 0.05) is 24.2 Å². The van der Waals surface area contributed by atoms with Crippen LogP contribution in [0.2, 0.25) is 0 Å². The van der Waals surface area contributed by atoms with E-state index in [2.05, 4.69) is 55.2 Å². The average molecular weight is 461 g/mol. The third-order valence-corrected chi connectivity index (χ3v) is 6.43. The van der Waals surface area contributed by atoms with E-state index in [1.165, 1.54) is 0 Å². The Labute approximate surface area is 203 Å². The zero-order valence-corrected chi connectivity index (χ0v) is 21.1. The fraction of sp³-hybridized carbons (Fsp3) is 0.429. The molecule has 0 unspecified atom stereocenters. The van der Waals surface area contributed by atoms with Crippen molar-refractivity contribution >= 4 is 5.82 Å². The summed E-state index contributed by atoms with van der Waals surface area (Å²) in [6.45, 7) is 9.53. The molecule has 0 bridgehead atoms. The van der Waals surface area contributed by atoms with Crippen LogP contribution in [0.1, 0.15) is 46.1 Å². The van der Waals surface area contributed by atoms with Crippen molar-refractivity contribution in [1.82, 2.24) is 15.5 Å². The second-order valence-electron chi connectivity index (χ2n) is 10.5. The summed E-state index contributed by atoms with van der Waals surface area (Å²) >= 11 is 0. The largest absolute Gasteiger partial charge is 0.496 e. The molecule has 1 fully saturated rings. The molecule has 2 heterocycles. The lowest BCUT2D eigenvalue weighted by Gasteiger charge is -2.49. The van der Waals surface area contributed by atoms with Crippen LogP contribution in [0.4, 0.5) is 5.82 Å². The molecule has 1 saturated heterocycles. The lowest BCUT2D eigenvalue weighted by molar-refractivity contribution is 0.160. The number of nitrogens with zero attached hydrogens (tertiary/aromatic N) is 3. The van der Waals surface area contributed by atoms with Crippen LogP contribution in [0.5, 0.6) is 11.5 Å².